The lowest BCUT2D eigenvalue weighted by Gasteiger charge is -2.08. The van der Waals surface area contributed by atoms with Gasteiger partial charge in [-0.3, -0.25) is 0 Å². The van der Waals surface area contributed by atoms with Gasteiger partial charge in [0.05, 0.1) is 5.69 Å². The number of nitrogens with two attached hydrogens (primary N) is 2. The summed E-state index contributed by atoms with van der Waals surface area (Å²) in [6.07, 6.45) is 0. The van der Waals surface area contributed by atoms with Crippen LogP contribution in [0, 0.1) is 17.5 Å². The Kier molecular flexibility index (Phi) is 2.92. The van der Waals surface area contributed by atoms with E-state index >= 15 is 0 Å². The highest BCUT2D eigenvalue weighted by Crippen LogP contribution is 2.22. The Balaban J connectivity index is 2.36. The Hall–Kier alpha value is -2.51. The highest BCUT2D eigenvalue weighted by molar-refractivity contribution is 5.60. The minimum absolute atomic E-state index is 0.0630. The van der Waals surface area contributed by atoms with E-state index in [-0.39, 0.29) is 23.3 Å². The van der Waals surface area contributed by atoms with Crippen LogP contribution in [0.1, 0.15) is 0 Å². The maximum absolute atomic E-state index is 13.3. The zero-order valence-electron chi connectivity index (χ0n) is 8.92. The first-order chi connectivity index (χ1) is 8.45. The third kappa shape index (κ3) is 2.42. The molecule has 0 aliphatic rings. The van der Waals surface area contributed by atoms with Crippen LogP contribution in [0.2, 0.25) is 0 Å². The molecule has 1 aromatic heterocycles. The summed E-state index contributed by atoms with van der Waals surface area (Å²) in [5.41, 5.74) is 10.5. The van der Waals surface area contributed by atoms with Gasteiger partial charge in [-0.05, 0) is 0 Å². The molecular weight excluding hydrogens is 247 g/mol. The Labute approximate surface area is 99.7 Å². The fourth-order valence-electron chi connectivity index (χ4n) is 1.31. The van der Waals surface area contributed by atoms with Crippen molar-refractivity contribution in [3.05, 3.63) is 35.7 Å². The molecule has 1 heterocycles. The van der Waals surface area contributed by atoms with Gasteiger partial charge in [-0.1, -0.05) is 0 Å². The first-order valence-corrected chi connectivity index (χ1v) is 4.77. The third-order valence-corrected chi connectivity index (χ3v) is 2.04. The molecule has 0 aliphatic heterocycles. The second-order valence-corrected chi connectivity index (χ2v) is 3.41. The summed E-state index contributed by atoms with van der Waals surface area (Å²) < 4.78 is 39.0. The van der Waals surface area contributed by atoms with Crippen LogP contribution in [-0.2, 0) is 0 Å². The Morgan fingerprint density at radius 1 is 0.889 bits per heavy atom. The molecule has 5 N–H and O–H groups in total. The lowest BCUT2D eigenvalue weighted by atomic mass is 10.3. The quantitative estimate of drug-likeness (QED) is 0.712. The minimum atomic E-state index is -1.28. The second-order valence-electron chi connectivity index (χ2n) is 3.41. The molecule has 94 valence electrons. The molecule has 8 heteroatoms. The maximum Gasteiger partial charge on any atom is 0.223 e. The van der Waals surface area contributed by atoms with Crippen molar-refractivity contribution >= 4 is 23.3 Å². The third-order valence-electron chi connectivity index (χ3n) is 2.04. The molecule has 5 nitrogen and oxygen atoms in total. The highest BCUT2D eigenvalue weighted by Gasteiger charge is 2.11. The number of rotatable bonds is 2. The molecule has 0 saturated carbocycles. The number of nitrogens with one attached hydrogen (secondary N) is 1. The van der Waals surface area contributed by atoms with Gasteiger partial charge < -0.3 is 16.8 Å². The number of halogens is 3. The zero-order valence-corrected chi connectivity index (χ0v) is 8.92. The summed E-state index contributed by atoms with van der Waals surface area (Å²) in [6.45, 7) is 0. The zero-order chi connectivity index (χ0) is 13.3. The van der Waals surface area contributed by atoms with Crippen molar-refractivity contribution in [3.63, 3.8) is 0 Å². The molecule has 0 atom stereocenters. The van der Waals surface area contributed by atoms with E-state index in [1.165, 1.54) is 6.07 Å². The van der Waals surface area contributed by atoms with Crippen molar-refractivity contribution < 1.29 is 13.2 Å². The molecule has 0 fully saturated rings. The average Bonchev–Trinajstić information content (AvgIpc) is 2.24. The van der Waals surface area contributed by atoms with Gasteiger partial charge in [-0.25, -0.2) is 13.2 Å². The van der Waals surface area contributed by atoms with Crippen LogP contribution >= 0.6 is 0 Å². The Bertz CT molecular complexity index is 582. The van der Waals surface area contributed by atoms with Gasteiger partial charge in [0.1, 0.15) is 17.5 Å². The van der Waals surface area contributed by atoms with E-state index in [9.17, 15) is 13.2 Å². The van der Waals surface area contributed by atoms with Crippen LogP contribution in [0.15, 0.2) is 18.2 Å². The summed E-state index contributed by atoms with van der Waals surface area (Å²) in [5.74, 6) is -3.42. The van der Waals surface area contributed by atoms with Crippen molar-refractivity contribution in [2.24, 2.45) is 0 Å². The number of aromatic nitrogens is 2. The van der Waals surface area contributed by atoms with Crippen LogP contribution in [0.5, 0.6) is 0 Å². The van der Waals surface area contributed by atoms with E-state index in [1.54, 1.807) is 0 Å². The summed E-state index contributed by atoms with van der Waals surface area (Å²) in [5, 5.41) is 2.43. The van der Waals surface area contributed by atoms with Gasteiger partial charge in [0.15, 0.2) is 11.6 Å². The monoisotopic (exact) mass is 255 g/mol. The minimum Gasteiger partial charge on any atom is -0.383 e. The number of hydrogen-bond donors (Lipinski definition) is 3. The van der Waals surface area contributed by atoms with Crippen LogP contribution in [0.25, 0.3) is 0 Å². The van der Waals surface area contributed by atoms with E-state index in [0.29, 0.717) is 12.1 Å². The van der Waals surface area contributed by atoms with Gasteiger partial charge >= 0.3 is 0 Å². The van der Waals surface area contributed by atoms with Crippen molar-refractivity contribution in [2.45, 2.75) is 0 Å². The Morgan fingerprint density at radius 3 is 2.22 bits per heavy atom. The number of nitrogens with zero attached hydrogens (tertiary/aromatic N) is 2. The normalized spacial score (nSPS) is 10.4. The van der Waals surface area contributed by atoms with Gasteiger partial charge in [0.25, 0.3) is 0 Å². The molecule has 0 unspecified atom stereocenters. The first-order valence-electron chi connectivity index (χ1n) is 4.77. The largest absolute Gasteiger partial charge is 0.383 e. The standard InChI is InChI=1S/C10H8F3N5/c11-4-1-6(13)7(2-5(4)12)16-9-3-8(14)17-10(15)18-9/h1-3H,(H5,14,15,16,17,18). The van der Waals surface area contributed by atoms with Gasteiger partial charge in [0, 0.05) is 18.2 Å². The van der Waals surface area contributed by atoms with E-state index < -0.39 is 17.5 Å². The van der Waals surface area contributed by atoms with Crippen molar-refractivity contribution in [1.29, 1.82) is 0 Å². The molecule has 0 spiro atoms. The Morgan fingerprint density at radius 2 is 1.56 bits per heavy atom. The van der Waals surface area contributed by atoms with Crippen molar-refractivity contribution in [3.8, 4) is 0 Å². The molecular formula is C10H8F3N5. The van der Waals surface area contributed by atoms with E-state index in [0.717, 1.165) is 0 Å². The fraction of sp³-hybridized carbons (Fsp3) is 0. The molecule has 18 heavy (non-hydrogen) atoms. The van der Waals surface area contributed by atoms with Gasteiger partial charge in [-0.15, -0.1) is 0 Å². The summed E-state index contributed by atoms with van der Waals surface area (Å²) in [6, 6.07) is 2.36. The molecule has 0 saturated heterocycles. The van der Waals surface area contributed by atoms with Crippen LogP contribution in [-0.4, -0.2) is 9.97 Å². The highest BCUT2D eigenvalue weighted by atomic mass is 19.2. The molecule has 0 aliphatic carbocycles. The molecule has 2 rings (SSSR count). The predicted octanol–water partition coefficient (Wildman–Crippen LogP) is 1.80. The van der Waals surface area contributed by atoms with E-state index in [4.69, 9.17) is 11.5 Å². The van der Waals surface area contributed by atoms with Crippen molar-refractivity contribution in [1.82, 2.24) is 9.97 Å². The van der Waals surface area contributed by atoms with Crippen LogP contribution < -0.4 is 16.8 Å². The van der Waals surface area contributed by atoms with Gasteiger partial charge in [-0.2, -0.15) is 9.97 Å². The number of anilines is 4. The molecule has 0 radical (unpaired) electrons. The lowest BCUT2D eigenvalue weighted by Crippen LogP contribution is -2.04. The molecule has 0 amide bonds. The first kappa shape index (κ1) is 12.0. The molecule has 2 aromatic rings. The average molecular weight is 255 g/mol. The van der Waals surface area contributed by atoms with E-state index in [2.05, 4.69) is 15.3 Å². The summed E-state index contributed by atoms with van der Waals surface area (Å²) in [4.78, 5) is 7.32. The van der Waals surface area contributed by atoms with Crippen molar-refractivity contribution in [2.75, 3.05) is 16.8 Å². The van der Waals surface area contributed by atoms with Crippen LogP contribution in [0.4, 0.5) is 36.4 Å². The summed E-state index contributed by atoms with van der Waals surface area (Å²) >= 11 is 0. The van der Waals surface area contributed by atoms with Crippen LogP contribution in [0.3, 0.4) is 0 Å². The lowest BCUT2D eigenvalue weighted by molar-refractivity contribution is 0.496. The number of hydrogen-bond acceptors (Lipinski definition) is 5. The molecule has 0 bridgehead atoms. The topological polar surface area (TPSA) is 89.8 Å². The fourth-order valence-corrected chi connectivity index (χ4v) is 1.31. The molecule has 1 aromatic carbocycles. The maximum atomic E-state index is 13.3. The van der Waals surface area contributed by atoms with E-state index in [1.807, 2.05) is 0 Å². The summed E-state index contributed by atoms with van der Waals surface area (Å²) in [7, 11) is 0. The van der Waals surface area contributed by atoms with Gasteiger partial charge in [0.2, 0.25) is 5.95 Å². The SMILES string of the molecule is Nc1cc(Nc2cc(F)c(F)cc2F)nc(N)n1. The second kappa shape index (κ2) is 4.40. The predicted molar refractivity (Wildman–Crippen MR) is 60.5 cm³/mol. The number of benzene rings is 1. The smallest absolute Gasteiger partial charge is 0.223 e. The number of nitrogen functional groups attached to an aromatic ring is 2.